The number of nitrogens with one attached hydrogen (secondary N) is 1. The van der Waals surface area contributed by atoms with E-state index in [4.69, 9.17) is 0 Å². The lowest BCUT2D eigenvalue weighted by molar-refractivity contribution is -0.120. The molecule has 2 aromatic carbocycles. The summed E-state index contributed by atoms with van der Waals surface area (Å²) in [4.78, 5) is 12.1. The molecule has 25 heavy (non-hydrogen) atoms. The van der Waals surface area contributed by atoms with Crippen molar-refractivity contribution < 1.29 is 4.79 Å². The number of aryl methyl sites for hydroxylation is 3. The summed E-state index contributed by atoms with van der Waals surface area (Å²) in [7, 11) is 0. The Morgan fingerprint density at radius 3 is 2.76 bits per heavy atom. The van der Waals surface area contributed by atoms with Crippen LogP contribution < -0.4 is 5.43 Å². The number of nitrogens with zero attached hydrogens (tertiary/aromatic N) is 2. The monoisotopic (exact) mass is 333 g/mol. The molecule has 0 aliphatic carbocycles. The summed E-state index contributed by atoms with van der Waals surface area (Å²) in [6, 6.07) is 14.3. The first kappa shape index (κ1) is 17.0. The number of hydrazone groups is 1. The molecule has 0 bridgehead atoms. The van der Waals surface area contributed by atoms with E-state index in [1.54, 1.807) is 6.21 Å². The lowest BCUT2D eigenvalue weighted by Crippen LogP contribution is -2.20. The van der Waals surface area contributed by atoms with Gasteiger partial charge in [-0.25, -0.2) is 5.43 Å². The van der Waals surface area contributed by atoms with Crippen LogP contribution in [0.5, 0.6) is 0 Å². The fraction of sp³-hybridized carbons (Fsp3) is 0.238. The quantitative estimate of drug-likeness (QED) is 0.557. The number of aromatic nitrogens is 1. The lowest BCUT2D eigenvalue weighted by Gasteiger charge is -2.05. The van der Waals surface area contributed by atoms with Crippen molar-refractivity contribution in [2.24, 2.45) is 5.10 Å². The van der Waals surface area contributed by atoms with Crippen molar-refractivity contribution in [2.45, 2.75) is 33.7 Å². The van der Waals surface area contributed by atoms with Crippen molar-refractivity contribution in [2.75, 3.05) is 0 Å². The third kappa shape index (κ3) is 3.79. The Morgan fingerprint density at radius 1 is 1.20 bits per heavy atom. The van der Waals surface area contributed by atoms with Crippen LogP contribution in [0, 0.1) is 13.8 Å². The second-order valence-corrected chi connectivity index (χ2v) is 6.29. The SMILES string of the molecule is CCn1cc(/C=N\NC(=O)Cc2ccc(C)cc2C)c2ccccc21. The molecule has 3 rings (SSSR count). The molecule has 3 aromatic rings. The molecule has 0 saturated heterocycles. The Labute approximate surface area is 148 Å². The minimum absolute atomic E-state index is 0.109. The highest BCUT2D eigenvalue weighted by atomic mass is 16.2. The standard InChI is InChI=1S/C21H23N3O/c1-4-24-14-18(19-7-5-6-8-20(19)24)13-22-23-21(25)12-17-10-9-15(2)11-16(17)3/h5-11,13-14H,4,12H2,1-3H3,(H,23,25)/b22-13-. The van der Waals surface area contributed by atoms with Crippen molar-refractivity contribution in [3.8, 4) is 0 Å². The molecular formula is C21H23N3O. The van der Waals surface area contributed by atoms with Gasteiger partial charge in [-0.05, 0) is 38.0 Å². The molecule has 4 heteroatoms. The molecule has 0 radical (unpaired) electrons. The zero-order chi connectivity index (χ0) is 17.8. The fourth-order valence-corrected chi connectivity index (χ4v) is 3.07. The van der Waals surface area contributed by atoms with Crippen LogP contribution in [0.15, 0.2) is 53.8 Å². The number of rotatable bonds is 5. The Bertz CT molecular complexity index is 937. The molecule has 0 atom stereocenters. The largest absolute Gasteiger partial charge is 0.347 e. The Kier molecular flexibility index (Phi) is 4.98. The maximum Gasteiger partial charge on any atom is 0.244 e. The Morgan fingerprint density at radius 2 is 2.00 bits per heavy atom. The van der Waals surface area contributed by atoms with Gasteiger partial charge in [-0.3, -0.25) is 4.79 Å². The van der Waals surface area contributed by atoms with Crippen LogP contribution >= 0.6 is 0 Å². The van der Waals surface area contributed by atoms with E-state index < -0.39 is 0 Å². The van der Waals surface area contributed by atoms with Gasteiger partial charge < -0.3 is 4.57 Å². The number of hydrogen-bond donors (Lipinski definition) is 1. The minimum atomic E-state index is -0.109. The van der Waals surface area contributed by atoms with E-state index in [-0.39, 0.29) is 5.91 Å². The van der Waals surface area contributed by atoms with E-state index in [9.17, 15) is 4.79 Å². The first-order valence-corrected chi connectivity index (χ1v) is 8.54. The predicted octanol–water partition coefficient (Wildman–Crippen LogP) is 3.97. The lowest BCUT2D eigenvalue weighted by atomic mass is 10.0. The average Bonchev–Trinajstić information content (AvgIpc) is 2.96. The van der Waals surface area contributed by atoms with Gasteiger partial charge in [0, 0.05) is 29.2 Å². The van der Waals surface area contributed by atoms with E-state index in [2.05, 4.69) is 46.4 Å². The first-order chi connectivity index (χ1) is 12.1. The number of benzene rings is 2. The van der Waals surface area contributed by atoms with Gasteiger partial charge >= 0.3 is 0 Å². The maximum absolute atomic E-state index is 12.1. The predicted molar refractivity (Wildman–Crippen MR) is 103 cm³/mol. The van der Waals surface area contributed by atoms with Crippen molar-refractivity contribution in [1.29, 1.82) is 0 Å². The van der Waals surface area contributed by atoms with Gasteiger partial charge in [0.1, 0.15) is 0 Å². The summed E-state index contributed by atoms with van der Waals surface area (Å²) in [5.74, 6) is -0.109. The third-order valence-corrected chi connectivity index (χ3v) is 4.40. The second-order valence-electron chi connectivity index (χ2n) is 6.29. The summed E-state index contributed by atoms with van der Waals surface area (Å²) >= 11 is 0. The van der Waals surface area contributed by atoms with E-state index in [1.807, 2.05) is 38.1 Å². The van der Waals surface area contributed by atoms with Gasteiger partial charge in [-0.1, -0.05) is 42.0 Å². The van der Waals surface area contributed by atoms with Crippen molar-refractivity contribution in [3.05, 3.63) is 70.9 Å². The second kappa shape index (κ2) is 7.34. The number of carbonyl (C=O) groups excluding carboxylic acids is 1. The van der Waals surface area contributed by atoms with E-state index in [0.29, 0.717) is 6.42 Å². The van der Waals surface area contributed by atoms with E-state index in [1.165, 1.54) is 11.1 Å². The highest BCUT2D eigenvalue weighted by Gasteiger charge is 2.07. The number of fused-ring (bicyclic) bond motifs is 1. The average molecular weight is 333 g/mol. The third-order valence-electron chi connectivity index (χ3n) is 4.40. The summed E-state index contributed by atoms with van der Waals surface area (Å²) < 4.78 is 2.17. The molecule has 1 N–H and O–H groups in total. The Balaban J connectivity index is 1.70. The highest BCUT2D eigenvalue weighted by molar-refractivity contribution is 5.99. The zero-order valence-electron chi connectivity index (χ0n) is 14.9. The van der Waals surface area contributed by atoms with Crippen LogP contribution in [0.3, 0.4) is 0 Å². The van der Waals surface area contributed by atoms with Gasteiger partial charge in [0.05, 0.1) is 12.6 Å². The fourth-order valence-electron chi connectivity index (χ4n) is 3.07. The summed E-state index contributed by atoms with van der Waals surface area (Å²) in [6.07, 6.45) is 4.11. The zero-order valence-corrected chi connectivity index (χ0v) is 14.9. The molecule has 0 aliphatic rings. The molecule has 0 spiro atoms. The Hall–Kier alpha value is -2.88. The normalized spacial score (nSPS) is 11.3. The highest BCUT2D eigenvalue weighted by Crippen LogP contribution is 2.19. The molecule has 0 unspecified atom stereocenters. The van der Waals surface area contributed by atoms with Gasteiger partial charge in [0.15, 0.2) is 0 Å². The molecule has 0 aliphatic heterocycles. The van der Waals surface area contributed by atoms with Crippen LogP contribution in [-0.4, -0.2) is 16.7 Å². The summed E-state index contributed by atoms with van der Waals surface area (Å²) in [5, 5.41) is 5.28. The number of hydrogen-bond acceptors (Lipinski definition) is 2. The van der Waals surface area contributed by atoms with E-state index in [0.717, 1.165) is 28.6 Å². The molecule has 1 heterocycles. The van der Waals surface area contributed by atoms with Crippen LogP contribution in [0.1, 0.15) is 29.2 Å². The molecule has 1 amide bonds. The van der Waals surface area contributed by atoms with Crippen LogP contribution in [0.2, 0.25) is 0 Å². The minimum Gasteiger partial charge on any atom is -0.347 e. The van der Waals surface area contributed by atoms with Gasteiger partial charge in [0.2, 0.25) is 5.91 Å². The van der Waals surface area contributed by atoms with Gasteiger partial charge in [-0.2, -0.15) is 5.10 Å². The molecule has 128 valence electrons. The number of carbonyl (C=O) groups is 1. The molecule has 1 aromatic heterocycles. The maximum atomic E-state index is 12.1. The van der Waals surface area contributed by atoms with E-state index >= 15 is 0 Å². The number of amides is 1. The van der Waals surface area contributed by atoms with Gasteiger partial charge in [-0.15, -0.1) is 0 Å². The molecule has 4 nitrogen and oxygen atoms in total. The summed E-state index contributed by atoms with van der Waals surface area (Å²) in [5.41, 5.74) is 8.17. The van der Waals surface area contributed by atoms with Crippen LogP contribution in [0.4, 0.5) is 0 Å². The van der Waals surface area contributed by atoms with Crippen LogP contribution in [0.25, 0.3) is 10.9 Å². The number of para-hydroxylation sites is 1. The first-order valence-electron chi connectivity index (χ1n) is 8.54. The molecule has 0 fully saturated rings. The molecular weight excluding hydrogens is 310 g/mol. The molecule has 0 saturated carbocycles. The van der Waals surface area contributed by atoms with Crippen molar-refractivity contribution in [1.82, 2.24) is 9.99 Å². The smallest absolute Gasteiger partial charge is 0.244 e. The summed E-state index contributed by atoms with van der Waals surface area (Å²) in [6.45, 7) is 7.08. The van der Waals surface area contributed by atoms with Crippen molar-refractivity contribution in [3.63, 3.8) is 0 Å². The topological polar surface area (TPSA) is 46.4 Å². The van der Waals surface area contributed by atoms with Gasteiger partial charge in [0.25, 0.3) is 0 Å². The van der Waals surface area contributed by atoms with Crippen molar-refractivity contribution >= 4 is 23.0 Å². The van der Waals surface area contributed by atoms with Crippen LogP contribution in [-0.2, 0) is 17.8 Å².